The molecule has 182 valence electrons. The fourth-order valence-electron chi connectivity index (χ4n) is 4.26. The molecule has 4 aromatic rings. The normalized spacial score (nSPS) is 15.0. The van der Waals surface area contributed by atoms with Crippen molar-refractivity contribution in [1.82, 2.24) is 34.7 Å². The van der Waals surface area contributed by atoms with Crippen molar-refractivity contribution < 1.29 is 13.9 Å². The molecule has 1 aliphatic heterocycles. The van der Waals surface area contributed by atoms with Gasteiger partial charge in [0.1, 0.15) is 16.8 Å². The number of fused-ring (bicyclic) bond motifs is 1. The first kappa shape index (κ1) is 22.8. The number of aromatic amines is 1. The van der Waals surface area contributed by atoms with Crippen LogP contribution in [0.3, 0.4) is 0 Å². The summed E-state index contributed by atoms with van der Waals surface area (Å²) >= 11 is 0. The van der Waals surface area contributed by atoms with E-state index in [-0.39, 0.29) is 23.5 Å². The van der Waals surface area contributed by atoms with Crippen LogP contribution in [-0.2, 0) is 11.2 Å². The Balaban J connectivity index is 1.37. The summed E-state index contributed by atoms with van der Waals surface area (Å²) in [6.07, 6.45) is 6.61. The zero-order valence-electron chi connectivity index (χ0n) is 19.9. The first-order valence-electron chi connectivity index (χ1n) is 11.6. The molecule has 11 nitrogen and oxygen atoms in total. The fraction of sp³-hybridized carbons (Fsp3) is 0.417. The summed E-state index contributed by atoms with van der Waals surface area (Å²) in [5.74, 6) is 0.793. The SMILES string of the molecule is CC(C)(C)OC(=O)N1CCC(c2cc(=O)[nH]c3c(-c4nnc(Cc5cccnc5)o4)cnn23)CC1. The molecule has 0 bridgehead atoms. The molecule has 4 aromatic heterocycles. The van der Waals surface area contributed by atoms with Crippen LogP contribution in [-0.4, -0.2) is 59.5 Å². The third kappa shape index (κ3) is 4.93. The number of ether oxygens (including phenoxy) is 1. The molecule has 1 fully saturated rings. The van der Waals surface area contributed by atoms with E-state index in [1.54, 1.807) is 34.1 Å². The molecule has 0 aliphatic carbocycles. The van der Waals surface area contributed by atoms with Crippen molar-refractivity contribution >= 4 is 11.7 Å². The third-order valence-corrected chi connectivity index (χ3v) is 5.87. The van der Waals surface area contributed by atoms with Crippen molar-refractivity contribution in [3.05, 3.63) is 64.3 Å². The summed E-state index contributed by atoms with van der Waals surface area (Å²) < 4.78 is 13.1. The molecular formula is C24H27N7O4. The molecule has 1 aliphatic rings. The predicted molar refractivity (Wildman–Crippen MR) is 126 cm³/mol. The number of carbonyl (C=O) groups is 1. The summed E-state index contributed by atoms with van der Waals surface area (Å²) in [5.41, 5.74) is 2.02. The molecule has 5 heterocycles. The highest BCUT2D eigenvalue weighted by molar-refractivity contribution is 5.71. The van der Waals surface area contributed by atoms with Crippen LogP contribution in [0.15, 0.2) is 46.0 Å². The highest BCUT2D eigenvalue weighted by Gasteiger charge is 2.29. The molecule has 0 saturated carbocycles. The maximum absolute atomic E-state index is 12.5. The van der Waals surface area contributed by atoms with Gasteiger partial charge < -0.3 is 19.0 Å². The average molecular weight is 478 g/mol. The van der Waals surface area contributed by atoms with E-state index < -0.39 is 5.60 Å². The van der Waals surface area contributed by atoms with Crippen molar-refractivity contribution in [1.29, 1.82) is 0 Å². The molecule has 0 radical (unpaired) electrons. The minimum absolute atomic E-state index is 0.0649. The first-order valence-corrected chi connectivity index (χ1v) is 11.6. The van der Waals surface area contributed by atoms with Gasteiger partial charge in [0.15, 0.2) is 0 Å². The summed E-state index contributed by atoms with van der Waals surface area (Å²) in [4.78, 5) is 33.6. The lowest BCUT2D eigenvalue weighted by Crippen LogP contribution is -2.41. The second kappa shape index (κ2) is 8.97. The minimum atomic E-state index is -0.537. The zero-order valence-corrected chi connectivity index (χ0v) is 19.9. The van der Waals surface area contributed by atoms with E-state index in [0.717, 1.165) is 11.3 Å². The van der Waals surface area contributed by atoms with Crippen LogP contribution >= 0.6 is 0 Å². The molecule has 1 saturated heterocycles. The van der Waals surface area contributed by atoms with Crippen molar-refractivity contribution in [2.24, 2.45) is 0 Å². The van der Waals surface area contributed by atoms with Crippen LogP contribution < -0.4 is 5.56 Å². The predicted octanol–water partition coefficient (Wildman–Crippen LogP) is 3.17. The Morgan fingerprint density at radius 1 is 1.23 bits per heavy atom. The van der Waals surface area contributed by atoms with Gasteiger partial charge in [0, 0.05) is 37.5 Å². The number of nitrogens with one attached hydrogen (secondary N) is 1. The standard InChI is InChI=1S/C24H27N7O4/c1-24(2,3)35-23(33)30-9-6-16(7-10-30)18-12-19(32)27-21-17(14-26-31(18)21)22-29-28-20(34-22)11-15-5-4-8-25-13-15/h4-5,8,12-14,16H,6-7,9-11H2,1-3H3,(H,27,32). The topological polar surface area (TPSA) is 132 Å². The van der Waals surface area contributed by atoms with Gasteiger partial charge in [0.2, 0.25) is 5.89 Å². The Morgan fingerprint density at radius 2 is 2.03 bits per heavy atom. The second-order valence-corrected chi connectivity index (χ2v) is 9.66. The lowest BCUT2D eigenvalue weighted by atomic mass is 9.93. The number of nitrogens with zero attached hydrogens (tertiary/aromatic N) is 6. The highest BCUT2D eigenvalue weighted by Crippen LogP contribution is 2.30. The van der Waals surface area contributed by atoms with Gasteiger partial charge in [-0.05, 0) is 45.2 Å². The Morgan fingerprint density at radius 3 is 2.74 bits per heavy atom. The Bertz CT molecular complexity index is 1390. The number of amides is 1. The van der Waals surface area contributed by atoms with E-state index in [2.05, 4.69) is 25.3 Å². The summed E-state index contributed by atoms with van der Waals surface area (Å²) in [7, 11) is 0. The zero-order chi connectivity index (χ0) is 24.6. The van der Waals surface area contributed by atoms with Crippen LogP contribution in [0.4, 0.5) is 4.79 Å². The van der Waals surface area contributed by atoms with Crippen molar-refractivity contribution in [3.63, 3.8) is 0 Å². The van der Waals surface area contributed by atoms with E-state index in [1.807, 2.05) is 32.9 Å². The average Bonchev–Trinajstić information content (AvgIpc) is 3.45. The van der Waals surface area contributed by atoms with Crippen LogP contribution in [0.1, 0.15) is 56.7 Å². The number of hydrogen-bond acceptors (Lipinski definition) is 8. The number of pyridine rings is 1. The van der Waals surface area contributed by atoms with Crippen LogP contribution in [0.5, 0.6) is 0 Å². The quantitative estimate of drug-likeness (QED) is 0.474. The smallest absolute Gasteiger partial charge is 0.410 e. The first-order chi connectivity index (χ1) is 16.8. The van der Waals surface area contributed by atoms with E-state index in [1.165, 1.54) is 0 Å². The Hall–Kier alpha value is -4.02. The highest BCUT2D eigenvalue weighted by atomic mass is 16.6. The van der Waals surface area contributed by atoms with Crippen molar-refractivity contribution in [3.8, 4) is 11.5 Å². The summed E-state index contributed by atoms with van der Waals surface area (Å²) in [5, 5.41) is 12.8. The van der Waals surface area contributed by atoms with Crippen molar-refractivity contribution in [2.75, 3.05) is 13.1 Å². The fourth-order valence-corrected chi connectivity index (χ4v) is 4.26. The van der Waals surface area contributed by atoms with Crippen LogP contribution in [0, 0.1) is 0 Å². The number of piperidine rings is 1. The number of aromatic nitrogens is 6. The molecule has 0 spiro atoms. The molecular weight excluding hydrogens is 450 g/mol. The number of hydrogen-bond donors (Lipinski definition) is 1. The molecule has 0 atom stereocenters. The van der Waals surface area contributed by atoms with E-state index >= 15 is 0 Å². The van der Waals surface area contributed by atoms with E-state index in [4.69, 9.17) is 9.15 Å². The second-order valence-electron chi connectivity index (χ2n) is 9.66. The number of rotatable bonds is 4. The third-order valence-electron chi connectivity index (χ3n) is 5.87. The lowest BCUT2D eigenvalue weighted by Gasteiger charge is -2.33. The molecule has 1 amide bonds. The van der Waals surface area contributed by atoms with Gasteiger partial charge in [-0.25, -0.2) is 9.31 Å². The van der Waals surface area contributed by atoms with Gasteiger partial charge in [0.25, 0.3) is 11.4 Å². The molecule has 5 rings (SSSR count). The van der Waals surface area contributed by atoms with Gasteiger partial charge in [-0.15, -0.1) is 10.2 Å². The molecule has 11 heteroatoms. The molecule has 35 heavy (non-hydrogen) atoms. The van der Waals surface area contributed by atoms with Gasteiger partial charge in [0.05, 0.1) is 18.3 Å². The van der Waals surface area contributed by atoms with Gasteiger partial charge in [-0.1, -0.05) is 6.07 Å². The maximum Gasteiger partial charge on any atom is 0.410 e. The minimum Gasteiger partial charge on any atom is -0.444 e. The van der Waals surface area contributed by atoms with Crippen molar-refractivity contribution in [2.45, 2.75) is 51.6 Å². The van der Waals surface area contributed by atoms with Crippen LogP contribution in [0.2, 0.25) is 0 Å². The maximum atomic E-state index is 12.5. The molecule has 0 unspecified atom stereocenters. The molecule has 1 N–H and O–H groups in total. The summed E-state index contributed by atoms with van der Waals surface area (Å²) in [6, 6.07) is 5.35. The summed E-state index contributed by atoms with van der Waals surface area (Å²) in [6.45, 7) is 6.65. The Kier molecular flexibility index (Phi) is 5.83. The van der Waals surface area contributed by atoms with Gasteiger partial charge in [-0.2, -0.15) is 5.10 Å². The van der Waals surface area contributed by atoms with E-state index in [0.29, 0.717) is 49.5 Å². The molecule has 0 aromatic carbocycles. The van der Waals surface area contributed by atoms with Crippen LogP contribution in [0.25, 0.3) is 17.1 Å². The number of H-pyrrole nitrogens is 1. The van der Waals surface area contributed by atoms with Gasteiger partial charge in [-0.3, -0.25) is 9.78 Å². The number of carbonyl (C=O) groups excluding carboxylic acids is 1. The number of likely N-dealkylation sites (tertiary alicyclic amines) is 1. The Labute approximate surface area is 201 Å². The largest absolute Gasteiger partial charge is 0.444 e. The van der Waals surface area contributed by atoms with E-state index in [9.17, 15) is 9.59 Å². The van der Waals surface area contributed by atoms with Gasteiger partial charge >= 0.3 is 6.09 Å². The lowest BCUT2D eigenvalue weighted by molar-refractivity contribution is 0.0203. The monoisotopic (exact) mass is 477 g/mol.